The Morgan fingerprint density at radius 1 is 1.17 bits per heavy atom. The zero-order chi connectivity index (χ0) is 9.30. The number of aliphatic hydroxyl groups is 4. The van der Waals surface area contributed by atoms with E-state index >= 15 is 0 Å². The number of ether oxygens (including phenoxy) is 1. The first kappa shape index (κ1) is 9.85. The molecular formula is C6H13NO5. The monoisotopic (exact) mass is 179 g/mol. The number of hydrogen-bond donors (Lipinski definition) is 5. The summed E-state index contributed by atoms with van der Waals surface area (Å²) in [5.41, 5.74) is 5.33. The first-order chi connectivity index (χ1) is 5.57. The van der Waals surface area contributed by atoms with Crippen LogP contribution in [0.25, 0.3) is 0 Å². The molecule has 0 spiro atoms. The number of nitrogens with two attached hydrogens (primary N) is 1. The predicted molar refractivity (Wildman–Crippen MR) is 38.0 cm³/mol. The summed E-state index contributed by atoms with van der Waals surface area (Å²) in [6, 6.07) is -0.995. The largest absolute Gasteiger partial charge is 0.394 e. The molecule has 0 radical (unpaired) electrons. The van der Waals surface area contributed by atoms with Gasteiger partial charge in [-0.15, -0.1) is 0 Å². The van der Waals surface area contributed by atoms with Gasteiger partial charge in [0.2, 0.25) is 0 Å². The van der Waals surface area contributed by atoms with Crippen LogP contribution >= 0.6 is 0 Å². The van der Waals surface area contributed by atoms with E-state index in [0.717, 1.165) is 0 Å². The molecule has 0 aromatic heterocycles. The highest BCUT2D eigenvalue weighted by Gasteiger charge is 2.41. The predicted octanol–water partition coefficient (Wildman–Crippen LogP) is -3.25. The third-order valence-electron chi connectivity index (χ3n) is 1.96. The quantitative estimate of drug-likeness (QED) is 0.288. The zero-order valence-corrected chi connectivity index (χ0v) is 6.37. The van der Waals surface area contributed by atoms with Crippen LogP contribution in [0.2, 0.25) is 0 Å². The van der Waals surface area contributed by atoms with E-state index < -0.39 is 37.3 Å². The van der Waals surface area contributed by atoms with E-state index in [1.165, 1.54) is 0 Å². The van der Waals surface area contributed by atoms with E-state index in [1.807, 2.05) is 0 Å². The number of hydrogen-bond acceptors (Lipinski definition) is 6. The zero-order valence-electron chi connectivity index (χ0n) is 6.37. The number of aliphatic hydroxyl groups excluding tert-OH is 4. The van der Waals surface area contributed by atoms with Crippen LogP contribution < -0.4 is 5.73 Å². The van der Waals surface area contributed by atoms with Gasteiger partial charge < -0.3 is 30.9 Å². The Morgan fingerprint density at radius 2 is 1.75 bits per heavy atom. The van der Waals surface area contributed by atoms with Crippen molar-refractivity contribution in [3.05, 3.63) is 0 Å². The molecule has 6 heteroatoms. The fourth-order valence-electron chi connectivity index (χ4n) is 1.13. The van der Waals surface area contributed by atoms with Gasteiger partial charge in [-0.3, -0.25) is 0 Å². The Bertz CT molecular complexity index is 150. The van der Waals surface area contributed by atoms with E-state index in [1.54, 1.807) is 0 Å². The maximum atomic E-state index is 9.24. The van der Waals surface area contributed by atoms with Crippen molar-refractivity contribution >= 4 is 0 Å². The molecule has 0 aliphatic carbocycles. The molecule has 6 N–H and O–H groups in total. The highest BCUT2D eigenvalue weighted by molar-refractivity contribution is 4.90. The fourth-order valence-corrected chi connectivity index (χ4v) is 1.13. The highest BCUT2D eigenvalue weighted by atomic mass is 16.6. The van der Waals surface area contributed by atoms with Crippen LogP contribution in [0.3, 0.4) is 0 Å². The molecule has 72 valence electrons. The van der Waals surface area contributed by atoms with E-state index in [0.29, 0.717) is 0 Å². The molecule has 1 aliphatic heterocycles. The number of rotatable bonds is 1. The van der Waals surface area contributed by atoms with Crippen molar-refractivity contribution in [2.45, 2.75) is 30.6 Å². The van der Waals surface area contributed by atoms with Gasteiger partial charge in [0.1, 0.15) is 18.3 Å². The van der Waals surface area contributed by atoms with Crippen molar-refractivity contribution in [3.63, 3.8) is 0 Å². The SMILES string of the molecule is N[C@H]1[C@H](O)[C@@H](CO)OC(O)[C@H]1O. The Kier molecular flexibility index (Phi) is 2.99. The smallest absolute Gasteiger partial charge is 0.183 e. The summed E-state index contributed by atoms with van der Waals surface area (Å²) in [5.74, 6) is 0. The van der Waals surface area contributed by atoms with Gasteiger partial charge in [-0.1, -0.05) is 0 Å². The van der Waals surface area contributed by atoms with Crippen molar-refractivity contribution in [1.82, 2.24) is 0 Å². The third kappa shape index (κ3) is 1.58. The minimum Gasteiger partial charge on any atom is -0.394 e. The maximum absolute atomic E-state index is 9.24. The second-order valence-electron chi connectivity index (χ2n) is 2.81. The standard InChI is InChI=1S/C6H13NO5/c7-3-4(9)2(1-8)12-6(11)5(3)10/h2-6,8-11H,1,7H2/t2-,3+,4-,5+,6?/m1/s1. The second-order valence-corrected chi connectivity index (χ2v) is 2.81. The van der Waals surface area contributed by atoms with Gasteiger partial charge in [-0.2, -0.15) is 0 Å². The van der Waals surface area contributed by atoms with Crippen molar-refractivity contribution in [2.75, 3.05) is 6.61 Å². The van der Waals surface area contributed by atoms with Crippen molar-refractivity contribution in [2.24, 2.45) is 5.73 Å². The molecule has 1 rings (SSSR count). The van der Waals surface area contributed by atoms with Crippen molar-refractivity contribution in [1.29, 1.82) is 0 Å². The Hall–Kier alpha value is -0.240. The lowest BCUT2D eigenvalue weighted by molar-refractivity contribution is -0.258. The summed E-state index contributed by atoms with van der Waals surface area (Å²) >= 11 is 0. The highest BCUT2D eigenvalue weighted by Crippen LogP contribution is 2.17. The van der Waals surface area contributed by atoms with Crippen LogP contribution in [0.4, 0.5) is 0 Å². The summed E-state index contributed by atoms with van der Waals surface area (Å²) in [6.07, 6.45) is -4.85. The van der Waals surface area contributed by atoms with E-state index in [2.05, 4.69) is 4.74 Å². The third-order valence-corrected chi connectivity index (χ3v) is 1.96. The van der Waals surface area contributed by atoms with Gasteiger partial charge in [0.15, 0.2) is 6.29 Å². The molecule has 1 heterocycles. The van der Waals surface area contributed by atoms with Gasteiger partial charge in [-0.25, -0.2) is 0 Å². The lowest BCUT2D eigenvalue weighted by Gasteiger charge is -2.38. The molecule has 0 saturated carbocycles. The van der Waals surface area contributed by atoms with E-state index in [9.17, 15) is 5.11 Å². The summed E-state index contributed by atoms with van der Waals surface area (Å²) in [5, 5.41) is 36.0. The molecule has 1 unspecified atom stereocenters. The van der Waals surface area contributed by atoms with Gasteiger partial charge in [0.25, 0.3) is 0 Å². The lowest BCUT2D eigenvalue weighted by Crippen LogP contribution is -2.62. The molecule has 12 heavy (non-hydrogen) atoms. The fraction of sp³-hybridized carbons (Fsp3) is 1.00. The molecule has 1 saturated heterocycles. The van der Waals surface area contributed by atoms with Crippen molar-refractivity contribution in [3.8, 4) is 0 Å². The average molecular weight is 179 g/mol. The van der Waals surface area contributed by atoms with Gasteiger partial charge in [-0.05, 0) is 0 Å². The molecule has 1 aliphatic rings. The van der Waals surface area contributed by atoms with Gasteiger partial charge >= 0.3 is 0 Å². The van der Waals surface area contributed by atoms with Crippen LogP contribution in [0.1, 0.15) is 0 Å². The van der Waals surface area contributed by atoms with Crippen LogP contribution in [-0.2, 0) is 4.74 Å². The molecule has 0 amide bonds. The first-order valence-corrected chi connectivity index (χ1v) is 3.64. The molecule has 0 aromatic carbocycles. The second kappa shape index (κ2) is 3.65. The van der Waals surface area contributed by atoms with E-state index in [-0.39, 0.29) is 0 Å². The molecule has 5 atom stereocenters. The van der Waals surface area contributed by atoms with Gasteiger partial charge in [0, 0.05) is 0 Å². The minimum atomic E-state index is -1.44. The summed E-state index contributed by atoms with van der Waals surface area (Å²) in [4.78, 5) is 0. The van der Waals surface area contributed by atoms with E-state index in [4.69, 9.17) is 21.1 Å². The Morgan fingerprint density at radius 3 is 2.25 bits per heavy atom. The summed E-state index contributed by atoms with van der Waals surface area (Å²) in [7, 11) is 0. The first-order valence-electron chi connectivity index (χ1n) is 3.64. The van der Waals surface area contributed by atoms with Crippen LogP contribution in [0.5, 0.6) is 0 Å². The van der Waals surface area contributed by atoms with Crippen LogP contribution in [0.15, 0.2) is 0 Å². The summed E-state index contributed by atoms with van der Waals surface area (Å²) in [6.45, 7) is -0.446. The normalized spacial score (nSPS) is 49.2. The summed E-state index contributed by atoms with van der Waals surface area (Å²) < 4.78 is 4.66. The molecule has 6 nitrogen and oxygen atoms in total. The Balaban J connectivity index is 2.63. The van der Waals surface area contributed by atoms with Crippen LogP contribution in [-0.4, -0.2) is 57.7 Å². The average Bonchev–Trinajstić information content (AvgIpc) is 2.08. The Labute approximate surface area is 69.2 Å². The molecule has 0 aromatic rings. The lowest BCUT2D eigenvalue weighted by atomic mass is 9.97. The van der Waals surface area contributed by atoms with Gasteiger partial charge in [0.05, 0.1) is 12.6 Å². The minimum absolute atomic E-state index is 0.446. The topological polar surface area (TPSA) is 116 Å². The maximum Gasteiger partial charge on any atom is 0.183 e. The van der Waals surface area contributed by atoms with Crippen molar-refractivity contribution < 1.29 is 25.2 Å². The van der Waals surface area contributed by atoms with Crippen LogP contribution in [0, 0.1) is 0 Å². The molecule has 1 fully saturated rings. The molecule has 0 bridgehead atoms. The molecular weight excluding hydrogens is 166 g/mol.